The van der Waals surface area contributed by atoms with Crippen molar-refractivity contribution < 1.29 is 19.7 Å². The zero-order valence-corrected chi connectivity index (χ0v) is 13.6. The van der Waals surface area contributed by atoms with Crippen LogP contribution < -0.4 is 0 Å². The van der Waals surface area contributed by atoms with E-state index in [4.69, 9.17) is 0 Å². The normalized spacial score (nSPS) is 13.2. The van der Waals surface area contributed by atoms with Crippen molar-refractivity contribution in [1.29, 1.82) is 0 Å². The van der Waals surface area contributed by atoms with Gasteiger partial charge in [0.25, 0.3) is 0 Å². The number of aliphatic hydroxyl groups excluding tert-OH is 2. The van der Waals surface area contributed by atoms with Gasteiger partial charge < -0.3 is 14.9 Å². The fraction of sp³-hybridized carbons (Fsp3) is 0.158. The summed E-state index contributed by atoms with van der Waals surface area (Å²) in [5, 5.41) is 25.1. The van der Waals surface area contributed by atoms with Crippen molar-refractivity contribution in [3.63, 3.8) is 0 Å². The molecule has 2 aromatic carbocycles. The van der Waals surface area contributed by atoms with Crippen LogP contribution in [0, 0.1) is 0 Å². The first-order valence-electron chi connectivity index (χ1n) is 7.76. The number of hydrogen-bond acceptors (Lipinski definition) is 5. The number of para-hydroxylation sites is 1. The summed E-state index contributed by atoms with van der Waals surface area (Å²) in [5.74, 6) is -0.904. The quantitative estimate of drug-likeness (QED) is 0.696. The Morgan fingerprint density at radius 3 is 2.24 bits per heavy atom. The molecule has 0 amide bonds. The molecule has 2 atom stereocenters. The largest absolute Gasteiger partial charge is 0.467 e. The summed E-state index contributed by atoms with van der Waals surface area (Å²) in [6.45, 7) is 0. The SMILES string of the molecule is COC(=O)C(O)C(O)c1cn(-c2ccccc2)nc1-c1ccccc1. The third-order valence-corrected chi connectivity index (χ3v) is 3.87. The van der Waals surface area contributed by atoms with Crippen LogP contribution in [0.4, 0.5) is 0 Å². The van der Waals surface area contributed by atoms with Crippen molar-refractivity contribution in [1.82, 2.24) is 9.78 Å². The second-order valence-corrected chi connectivity index (χ2v) is 5.49. The molecule has 6 nitrogen and oxygen atoms in total. The van der Waals surface area contributed by atoms with Crippen LogP contribution in [0.3, 0.4) is 0 Å². The maximum absolute atomic E-state index is 11.6. The van der Waals surface area contributed by atoms with E-state index in [9.17, 15) is 15.0 Å². The zero-order valence-electron chi connectivity index (χ0n) is 13.6. The molecule has 2 unspecified atom stereocenters. The van der Waals surface area contributed by atoms with Crippen LogP contribution in [0.1, 0.15) is 11.7 Å². The molecule has 0 aliphatic rings. The number of hydrogen-bond donors (Lipinski definition) is 2. The predicted molar refractivity (Wildman–Crippen MR) is 92.0 cm³/mol. The highest BCUT2D eigenvalue weighted by molar-refractivity contribution is 5.76. The number of aliphatic hydroxyl groups is 2. The molecule has 128 valence electrons. The summed E-state index contributed by atoms with van der Waals surface area (Å²) >= 11 is 0. The topological polar surface area (TPSA) is 84.6 Å². The van der Waals surface area contributed by atoms with Gasteiger partial charge in [-0.2, -0.15) is 5.10 Å². The summed E-state index contributed by atoms with van der Waals surface area (Å²) in [6.07, 6.45) is -1.55. The number of ether oxygens (including phenoxy) is 1. The lowest BCUT2D eigenvalue weighted by atomic mass is 10.0. The van der Waals surface area contributed by atoms with Crippen LogP contribution in [-0.2, 0) is 9.53 Å². The minimum absolute atomic E-state index is 0.341. The van der Waals surface area contributed by atoms with E-state index in [2.05, 4.69) is 9.84 Å². The Bertz CT molecular complexity index is 846. The Morgan fingerprint density at radius 1 is 1.04 bits per heavy atom. The summed E-state index contributed by atoms with van der Waals surface area (Å²) < 4.78 is 6.12. The number of carbonyl (C=O) groups is 1. The minimum Gasteiger partial charge on any atom is -0.467 e. The molecule has 0 spiro atoms. The zero-order chi connectivity index (χ0) is 17.8. The second-order valence-electron chi connectivity index (χ2n) is 5.49. The minimum atomic E-state index is -1.69. The lowest BCUT2D eigenvalue weighted by molar-refractivity contribution is -0.156. The molecule has 25 heavy (non-hydrogen) atoms. The third kappa shape index (κ3) is 3.45. The van der Waals surface area contributed by atoms with Gasteiger partial charge in [0, 0.05) is 17.3 Å². The average Bonchev–Trinajstić information content (AvgIpc) is 3.13. The van der Waals surface area contributed by atoms with Crippen molar-refractivity contribution in [3.8, 4) is 16.9 Å². The van der Waals surface area contributed by atoms with Crippen molar-refractivity contribution in [2.24, 2.45) is 0 Å². The highest BCUT2D eigenvalue weighted by atomic mass is 16.5. The average molecular weight is 338 g/mol. The van der Waals surface area contributed by atoms with E-state index in [0.29, 0.717) is 11.3 Å². The maximum atomic E-state index is 11.6. The number of methoxy groups -OCH3 is 1. The molecular formula is C19H18N2O4. The van der Waals surface area contributed by atoms with Gasteiger partial charge >= 0.3 is 5.97 Å². The number of rotatable bonds is 5. The van der Waals surface area contributed by atoms with Crippen molar-refractivity contribution >= 4 is 5.97 Å². The molecule has 6 heteroatoms. The van der Waals surface area contributed by atoms with E-state index >= 15 is 0 Å². The van der Waals surface area contributed by atoms with Gasteiger partial charge in [0.15, 0.2) is 6.10 Å². The van der Waals surface area contributed by atoms with Crippen molar-refractivity contribution in [3.05, 3.63) is 72.4 Å². The maximum Gasteiger partial charge on any atom is 0.337 e. The van der Waals surface area contributed by atoms with Crippen LogP contribution in [0.2, 0.25) is 0 Å². The van der Waals surface area contributed by atoms with Gasteiger partial charge in [0.1, 0.15) is 6.10 Å². The standard InChI is InChI=1S/C19H18N2O4/c1-25-19(24)18(23)17(22)15-12-21(14-10-6-3-7-11-14)20-16(15)13-8-4-2-5-9-13/h2-12,17-18,22-23H,1H3. The van der Waals surface area contributed by atoms with Gasteiger partial charge in [-0.3, -0.25) is 0 Å². The summed E-state index contributed by atoms with van der Waals surface area (Å²) in [6, 6.07) is 18.6. The lowest BCUT2D eigenvalue weighted by Crippen LogP contribution is -2.29. The fourth-order valence-corrected chi connectivity index (χ4v) is 2.56. The molecule has 0 saturated carbocycles. The molecule has 0 aliphatic heterocycles. The summed E-state index contributed by atoms with van der Waals surface area (Å²) in [4.78, 5) is 11.6. The smallest absolute Gasteiger partial charge is 0.337 e. The van der Waals surface area contributed by atoms with Gasteiger partial charge in [0.2, 0.25) is 0 Å². The first-order chi connectivity index (χ1) is 12.1. The Morgan fingerprint density at radius 2 is 1.64 bits per heavy atom. The van der Waals surface area contributed by atoms with E-state index in [1.54, 1.807) is 10.9 Å². The van der Waals surface area contributed by atoms with E-state index in [1.165, 1.54) is 0 Å². The number of carbonyl (C=O) groups excluding carboxylic acids is 1. The van der Waals surface area contributed by atoms with Crippen LogP contribution in [0.15, 0.2) is 66.9 Å². The van der Waals surface area contributed by atoms with Crippen LogP contribution in [0.25, 0.3) is 16.9 Å². The lowest BCUT2D eigenvalue weighted by Gasteiger charge is -2.15. The molecule has 0 aliphatic carbocycles. The van der Waals surface area contributed by atoms with E-state index in [-0.39, 0.29) is 0 Å². The first kappa shape index (κ1) is 16.9. The summed E-state index contributed by atoms with van der Waals surface area (Å²) in [5.41, 5.74) is 2.39. The molecule has 1 heterocycles. The Kier molecular flexibility index (Phi) is 4.92. The van der Waals surface area contributed by atoms with Gasteiger partial charge in [0.05, 0.1) is 18.5 Å². The molecule has 0 bridgehead atoms. The Labute approximate surface area is 144 Å². The van der Waals surface area contributed by atoms with Crippen molar-refractivity contribution in [2.45, 2.75) is 12.2 Å². The number of benzene rings is 2. The van der Waals surface area contributed by atoms with Crippen molar-refractivity contribution in [2.75, 3.05) is 7.11 Å². The molecule has 2 N–H and O–H groups in total. The Balaban J connectivity index is 2.09. The Hall–Kier alpha value is -2.96. The van der Waals surface area contributed by atoms with Gasteiger partial charge in [-0.05, 0) is 12.1 Å². The van der Waals surface area contributed by atoms with E-state index < -0.39 is 18.2 Å². The highest BCUT2D eigenvalue weighted by Crippen LogP contribution is 2.30. The van der Waals surface area contributed by atoms with Gasteiger partial charge in [-0.1, -0.05) is 48.5 Å². The predicted octanol–water partition coefficient (Wildman–Crippen LogP) is 2.11. The third-order valence-electron chi connectivity index (χ3n) is 3.87. The molecule has 1 aromatic heterocycles. The molecular weight excluding hydrogens is 320 g/mol. The van der Waals surface area contributed by atoms with Gasteiger partial charge in [-0.15, -0.1) is 0 Å². The first-order valence-corrected chi connectivity index (χ1v) is 7.76. The second kappa shape index (κ2) is 7.29. The van der Waals surface area contributed by atoms with Gasteiger partial charge in [-0.25, -0.2) is 9.48 Å². The summed E-state index contributed by atoms with van der Waals surface area (Å²) in [7, 11) is 1.16. The number of aromatic nitrogens is 2. The fourth-order valence-electron chi connectivity index (χ4n) is 2.56. The highest BCUT2D eigenvalue weighted by Gasteiger charge is 2.30. The monoisotopic (exact) mass is 338 g/mol. The van der Waals surface area contributed by atoms with Crippen LogP contribution in [-0.4, -0.2) is 39.2 Å². The molecule has 0 radical (unpaired) electrons. The molecule has 0 saturated heterocycles. The van der Waals surface area contributed by atoms with E-state index in [0.717, 1.165) is 18.4 Å². The van der Waals surface area contributed by atoms with E-state index in [1.807, 2.05) is 60.7 Å². The number of nitrogens with zero attached hydrogens (tertiary/aromatic N) is 2. The molecule has 3 aromatic rings. The van der Waals surface area contributed by atoms with Crippen LogP contribution in [0.5, 0.6) is 0 Å². The number of esters is 1. The molecule has 0 fully saturated rings. The molecule has 3 rings (SSSR count). The van der Waals surface area contributed by atoms with Crippen LogP contribution >= 0.6 is 0 Å².